The third-order valence-corrected chi connectivity index (χ3v) is 8.19. The molecule has 0 bridgehead atoms. The molecular weight excluding hydrogens is 428 g/mol. The fourth-order valence-corrected chi connectivity index (χ4v) is 6.63. The molecule has 5 rings (SSSR count). The van der Waals surface area contributed by atoms with Crippen LogP contribution in [0.15, 0.2) is 30.3 Å². The van der Waals surface area contributed by atoms with E-state index in [0.29, 0.717) is 29.9 Å². The van der Waals surface area contributed by atoms with E-state index in [1.54, 1.807) is 6.07 Å². The molecule has 0 aliphatic heterocycles. The summed E-state index contributed by atoms with van der Waals surface area (Å²) >= 11 is 0. The lowest BCUT2D eigenvalue weighted by atomic mass is 9.54. The van der Waals surface area contributed by atoms with Gasteiger partial charge in [-0.2, -0.15) is 0 Å². The summed E-state index contributed by atoms with van der Waals surface area (Å²) in [5.41, 5.74) is 2.51. The van der Waals surface area contributed by atoms with Crippen LogP contribution in [0.2, 0.25) is 0 Å². The molecule has 0 spiro atoms. The molecule has 0 amide bonds. The number of methoxy groups -OCH3 is 1. The third-order valence-electron chi connectivity index (χ3n) is 8.19. The van der Waals surface area contributed by atoms with Gasteiger partial charge in [0.25, 0.3) is 0 Å². The number of fused-ring (bicyclic) bond motifs is 5. The lowest BCUT2D eigenvalue weighted by Gasteiger charge is -2.51. The van der Waals surface area contributed by atoms with E-state index in [1.165, 1.54) is 19.2 Å². The van der Waals surface area contributed by atoms with Gasteiger partial charge in [0.1, 0.15) is 11.6 Å². The van der Waals surface area contributed by atoms with E-state index in [1.807, 2.05) is 6.07 Å². The van der Waals surface area contributed by atoms with Crippen LogP contribution in [0, 0.1) is 34.3 Å². The molecule has 0 heterocycles. The lowest BCUT2D eigenvalue weighted by molar-refractivity contribution is -0.0463. The van der Waals surface area contributed by atoms with Crippen molar-refractivity contribution in [2.75, 3.05) is 7.11 Å². The normalized spacial score (nSPS) is 32.8. The molecule has 2 aromatic carbocycles. The first kappa shape index (κ1) is 22.3. The van der Waals surface area contributed by atoms with E-state index < -0.39 is 23.8 Å². The summed E-state index contributed by atoms with van der Waals surface area (Å²) in [6.07, 6.45) is 1.74. The fourth-order valence-electron chi connectivity index (χ4n) is 6.63. The number of nitrogens with one attached hydrogen (secondary N) is 1. The van der Waals surface area contributed by atoms with E-state index in [9.17, 15) is 19.0 Å². The van der Waals surface area contributed by atoms with E-state index in [4.69, 9.17) is 14.9 Å². The zero-order chi connectivity index (χ0) is 23.5. The smallest absolute Gasteiger partial charge is 0.160 e. The van der Waals surface area contributed by atoms with Gasteiger partial charge in [-0.05, 0) is 72.1 Å². The average Bonchev–Trinajstić information content (AvgIpc) is 2.99. The highest BCUT2D eigenvalue weighted by Gasteiger charge is 2.58. The number of phenols is 1. The van der Waals surface area contributed by atoms with Crippen LogP contribution in [0.3, 0.4) is 0 Å². The first-order valence-corrected chi connectivity index (χ1v) is 11.4. The van der Waals surface area contributed by atoms with Gasteiger partial charge in [0, 0.05) is 29.5 Å². The maximum atomic E-state index is 13.7. The van der Waals surface area contributed by atoms with Gasteiger partial charge >= 0.3 is 0 Å². The maximum Gasteiger partial charge on any atom is 0.160 e. The number of phenolic OH excluding ortho intramolecular Hbond substituents is 1. The maximum absolute atomic E-state index is 13.7. The molecule has 5 nitrogen and oxygen atoms in total. The Kier molecular flexibility index (Phi) is 5.45. The second kappa shape index (κ2) is 8.06. The number of benzene rings is 2. The molecule has 0 saturated heterocycles. The predicted molar refractivity (Wildman–Crippen MR) is 119 cm³/mol. The minimum atomic E-state index is -0.656. The average molecular weight is 458 g/mol. The third kappa shape index (κ3) is 3.62. The molecule has 2 unspecified atom stereocenters. The molecular formula is C26H29F2NO4. The summed E-state index contributed by atoms with van der Waals surface area (Å²) in [7, 11) is 1.51. The van der Waals surface area contributed by atoms with Gasteiger partial charge < -0.3 is 25.1 Å². The van der Waals surface area contributed by atoms with Crippen LogP contribution in [0.4, 0.5) is 8.78 Å². The number of aliphatic hydroxyl groups is 1. The highest BCUT2D eigenvalue weighted by molar-refractivity contribution is 5.88. The molecule has 176 valence electrons. The van der Waals surface area contributed by atoms with Crippen molar-refractivity contribution < 1.29 is 28.5 Å². The van der Waals surface area contributed by atoms with Gasteiger partial charge in [-0.15, -0.1) is 0 Å². The molecule has 2 saturated carbocycles. The largest absolute Gasteiger partial charge is 0.504 e. The van der Waals surface area contributed by atoms with Crippen LogP contribution >= 0.6 is 0 Å². The van der Waals surface area contributed by atoms with Crippen molar-refractivity contribution in [2.45, 2.75) is 57.3 Å². The van der Waals surface area contributed by atoms with Crippen LogP contribution in [-0.2, 0) is 11.3 Å². The molecule has 3 aliphatic rings. The summed E-state index contributed by atoms with van der Waals surface area (Å²) in [6.45, 7) is 2.10. The topological polar surface area (TPSA) is 82.8 Å². The Morgan fingerprint density at radius 1 is 1.12 bits per heavy atom. The van der Waals surface area contributed by atoms with Crippen molar-refractivity contribution >= 4 is 5.71 Å². The number of hydrogen-bond acceptors (Lipinski definition) is 5. The standard InChI is InChI=1S/C26H29F2NO4/c1-26-4-3-16-17-9-23(32-2)21(30)8-18(17)22(10-19(16)25(26)20(29)11-24(26)31)33-12-13-5-14(27)7-15(28)6-13/h5-9,16,19,22,24-25,29-31H,3-4,10-12H2,1-2H3/t16-,19-,22?,24?,25-,26-/m1/s1. The quantitative estimate of drug-likeness (QED) is 0.586. The first-order chi connectivity index (χ1) is 15.7. The van der Waals surface area contributed by atoms with Crippen molar-refractivity contribution in [1.29, 1.82) is 5.41 Å². The number of halogens is 2. The molecule has 2 fully saturated rings. The van der Waals surface area contributed by atoms with Crippen molar-refractivity contribution in [3.8, 4) is 11.5 Å². The first-order valence-electron chi connectivity index (χ1n) is 11.4. The van der Waals surface area contributed by atoms with Gasteiger partial charge in [-0.1, -0.05) is 6.92 Å². The van der Waals surface area contributed by atoms with Gasteiger partial charge in [0.05, 0.1) is 25.9 Å². The number of rotatable bonds is 4. The summed E-state index contributed by atoms with van der Waals surface area (Å²) < 4.78 is 38.9. The molecule has 0 radical (unpaired) electrons. The summed E-state index contributed by atoms with van der Waals surface area (Å²) in [5.74, 6) is -0.723. The van der Waals surface area contributed by atoms with Crippen LogP contribution in [0.1, 0.15) is 61.3 Å². The Hall–Kier alpha value is -2.51. The molecule has 33 heavy (non-hydrogen) atoms. The Morgan fingerprint density at radius 3 is 2.55 bits per heavy atom. The number of ether oxygens (including phenoxy) is 2. The molecule has 2 aromatic rings. The van der Waals surface area contributed by atoms with Crippen LogP contribution in [-0.4, -0.2) is 29.1 Å². The van der Waals surface area contributed by atoms with E-state index in [0.717, 1.165) is 30.0 Å². The zero-order valence-electron chi connectivity index (χ0n) is 18.8. The van der Waals surface area contributed by atoms with Gasteiger partial charge in [-0.3, -0.25) is 0 Å². The Balaban J connectivity index is 1.53. The van der Waals surface area contributed by atoms with Crippen molar-refractivity contribution in [3.63, 3.8) is 0 Å². The number of aliphatic hydroxyl groups excluding tert-OH is 1. The number of hydrogen-bond donors (Lipinski definition) is 3. The molecule has 3 N–H and O–H groups in total. The SMILES string of the molecule is COc1cc2c(cc1O)C(OCc1cc(F)cc(F)c1)C[C@@H]1[C@@H]2CC[C@]2(C)C(O)CC(=N)[C@@H]12. The minimum absolute atomic E-state index is 0.0183. The molecule has 3 aliphatic carbocycles. The number of aromatic hydroxyl groups is 1. The van der Waals surface area contributed by atoms with E-state index >= 15 is 0 Å². The van der Waals surface area contributed by atoms with Crippen LogP contribution in [0.5, 0.6) is 11.5 Å². The summed E-state index contributed by atoms with van der Waals surface area (Å²) in [6, 6.07) is 6.86. The predicted octanol–water partition coefficient (Wildman–Crippen LogP) is 5.24. The second-order valence-electron chi connectivity index (χ2n) is 10.0. The Morgan fingerprint density at radius 2 is 1.85 bits per heavy atom. The Labute approximate surface area is 191 Å². The van der Waals surface area contributed by atoms with Crippen LogP contribution < -0.4 is 4.74 Å². The molecule has 7 heteroatoms. The fraction of sp³-hybridized carbons (Fsp3) is 0.500. The molecule has 6 atom stereocenters. The van der Waals surface area contributed by atoms with Crippen molar-refractivity contribution in [2.24, 2.45) is 17.3 Å². The zero-order valence-corrected chi connectivity index (χ0v) is 18.8. The highest BCUT2D eigenvalue weighted by atomic mass is 19.1. The Bertz CT molecular complexity index is 1090. The monoisotopic (exact) mass is 457 g/mol. The minimum Gasteiger partial charge on any atom is -0.504 e. The van der Waals surface area contributed by atoms with Gasteiger partial charge in [0.15, 0.2) is 11.5 Å². The summed E-state index contributed by atoms with van der Waals surface area (Å²) in [5, 5.41) is 29.8. The van der Waals surface area contributed by atoms with Gasteiger partial charge in [-0.25, -0.2) is 8.78 Å². The summed E-state index contributed by atoms with van der Waals surface area (Å²) in [4.78, 5) is 0. The van der Waals surface area contributed by atoms with Crippen LogP contribution in [0.25, 0.3) is 0 Å². The van der Waals surface area contributed by atoms with E-state index in [2.05, 4.69) is 6.92 Å². The van der Waals surface area contributed by atoms with Crippen molar-refractivity contribution in [3.05, 3.63) is 58.7 Å². The molecule has 0 aromatic heterocycles. The second-order valence-corrected chi connectivity index (χ2v) is 10.0. The highest BCUT2D eigenvalue weighted by Crippen LogP contribution is 2.62. The van der Waals surface area contributed by atoms with Crippen molar-refractivity contribution in [1.82, 2.24) is 0 Å². The van der Waals surface area contributed by atoms with Gasteiger partial charge in [0.2, 0.25) is 0 Å². The van der Waals surface area contributed by atoms with E-state index in [-0.39, 0.29) is 35.5 Å². The lowest BCUT2D eigenvalue weighted by Crippen LogP contribution is -2.46.